The maximum atomic E-state index is 12.6. The van der Waals surface area contributed by atoms with Crippen LogP contribution in [0.25, 0.3) is 0 Å². The molecule has 1 amide bonds. The van der Waals surface area contributed by atoms with E-state index in [0.717, 1.165) is 32.0 Å². The molecule has 0 bridgehead atoms. The third-order valence-electron chi connectivity index (χ3n) is 4.56. The van der Waals surface area contributed by atoms with Crippen LogP contribution in [0.2, 0.25) is 0 Å². The molecule has 0 aromatic rings. The summed E-state index contributed by atoms with van der Waals surface area (Å²) in [7, 11) is 0. The van der Waals surface area contributed by atoms with Gasteiger partial charge < -0.3 is 4.90 Å². The maximum Gasteiger partial charge on any atom is 0.237 e. The molecule has 1 saturated heterocycles. The van der Waals surface area contributed by atoms with E-state index in [1.54, 1.807) is 0 Å². The van der Waals surface area contributed by atoms with E-state index in [1.807, 2.05) is 0 Å². The maximum absolute atomic E-state index is 12.6. The average Bonchev–Trinajstić information content (AvgIpc) is 2.57. The first kappa shape index (κ1) is 16.5. The largest absolute Gasteiger partial charge is 0.338 e. The second kappa shape index (κ2) is 7.88. The molecule has 2 atom stereocenters. The van der Waals surface area contributed by atoms with Crippen LogP contribution in [-0.2, 0) is 4.79 Å². The fraction of sp³-hybridized carbons (Fsp3) is 0.938. The van der Waals surface area contributed by atoms with Crippen molar-refractivity contribution >= 4 is 5.91 Å². The predicted octanol–water partition coefficient (Wildman–Crippen LogP) is 3.00. The highest BCUT2D eigenvalue weighted by Crippen LogP contribution is 2.26. The highest BCUT2D eigenvalue weighted by molar-refractivity contribution is 5.78. The number of carbonyl (C=O) groups is 1. The topological polar surface area (TPSA) is 23.6 Å². The van der Waals surface area contributed by atoms with E-state index in [4.69, 9.17) is 0 Å². The number of likely N-dealkylation sites (N-methyl/N-ethyl adjacent to an activating group) is 1. The van der Waals surface area contributed by atoms with Crippen LogP contribution >= 0.6 is 0 Å². The quantitative estimate of drug-likeness (QED) is 0.765. The molecule has 112 valence electrons. The lowest BCUT2D eigenvalue weighted by Crippen LogP contribution is -2.47. The van der Waals surface area contributed by atoms with Crippen molar-refractivity contribution in [2.75, 3.05) is 26.2 Å². The first-order chi connectivity index (χ1) is 8.99. The third kappa shape index (κ3) is 4.79. The van der Waals surface area contributed by atoms with Crippen LogP contribution in [0.3, 0.4) is 0 Å². The Bertz CT molecular complexity index is 274. The minimum absolute atomic E-state index is 0.330. The number of hydrogen-bond acceptors (Lipinski definition) is 2. The van der Waals surface area contributed by atoms with Gasteiger partial charge in [0.25, 0.3) is 0 Å². The Morgan fingerprint density at radius 2 is 1.84 bits per heavy atom. The molecule has 1 fully saturated rings. The molecule has 1 aliphatic rings. The standard InChI is InChI=1S/C16H32N2O/c1-6-17(7-2)12-16(19)18-11-10-14(5)8-9-15(18)13(3)4/h13-15H,6-12H2,1-5H3. The molecule has 0 aromatic carbocycles. The molecule has 2 unspecified atom stereocenters. The van der Waals surface area contributed by atoms with Gasteiger partial charge >= 0.3 is 0 Å². The highest BCUT2D eigenvalue weighted by atomic mass is 16.2. The number of hydrogen-bond donors (Lipinski definition) is 0. The lowest BCUT2D eigenvalue weighted by molar-refractivity contribution is -0.135. The number of nitrogens with zero attached hydrogens (tertiary/aromatic N) is 2. The van der Waals surface area contributed by atoms with Gasteiger partial charge in [0.15, 0.2) is 0 Å². The van der Waals surface area contributed by atoms with Crippen LogP contribution in [-0.4, -0.2) is 47.9 Å². The van der Waals surface area contributed by atoms with Crippen molar-refractivity contribution in [2.45, 2.75) is 59.9 Å². The molecule has 1 aliphatic heterocycles. The summed E-state index contributed by atoms with van der Waals surface area (Å²) >= 11 is 0. The van der Waals surface area contributed by atoms with E-state index in [2.05, 4.69) is 44.4 Å². The molecule has 0 saturated carbocycles. The molecular formula is C16H32N2O. The average molecular weight is 268 g/mol. The zero-order chi connectivity index (χ0) is 14.4. The SMILES string of the molecule is CCN(CC)CC(=O)N1CCC(C)CCC1C(C)C. The summed E-state index contributed by atoms with van der Waals surface area (Å²) in [5.41, 5.74) is 0. The van der Waals surface area contributed by atoms with E-state index in [0.29, 0.717) is 24.4 Å². The molecule has 19 heavy (non-hydrogen) atoms. The van der Waals surface area contributed by atoms with Crippen molar-refractivity contribution in [3.63, 3.8) is 0 Å². The lowest BCUT2D eigenvalue weighted by atomic mass is 9.95. The molecule has 0 aromatic heterocycles. The number of carbonyl (C=O) groups excluding carboxylic acids is 1. The second-order valence-corrected chi connectivity index (χ2v) is 6.33. The Balaban J connectivity index is 2.71. The number of likely N-dealkylation sites (tertiary alicyclic amines) is 1. The first-order valence-corrected chi connectivity index (χ1v) is 8.01. The Kier molecular flexibility index (Phi) is 6.84. The van der Waals surface area contributed by atoms with Gasteiger partial charge in [-0.05, 0) is 44.2 Å². The van der Waals surface area contributed by atoms with Crippen molar-refractivity contribution in [1.82, 2.24) is 9.80 Å². The van der Waals surface area contributed by atoms with Crippen LogP contribution in [0.5, 0.6) is 0 Å². The third-order valence-corrected chi connectivity index (χ3v) is 4.56. The molecule has 1 heterocycles. The van der Waals surface area contributed by atoms with Crippen LogP contribution in [0.1, 0.15) is 53.9 Å². The summed E-state index contributed by atoms with van der Waals surface area (Å²) in [5.74, 6) is 1.65. The summed E-state index contributed by atoms with van der Waals surface area (Å²) in [5, 5.41) is 0. The Hall–Kier alpha value is -0.570. The minimum Gasteiger partial charge on any atom is -0.338 e. The smallest absolute Gasteiger partial charge is 0.237 e. The van der Waals surface area contributed by atoms with Gasteiger partial charge in [-0.2, -0.15) is 0 Å². The van der Waals surface area contributed by atoms with Gasteiger partial charge in [-0.15, -0.1) is 0 Å². The van der Waals surface area contributed by atoms with Gasteiger partial charge in [-0.3, -0.25) is 9.69 Å². The van der Waals surface area contributed by atoms with Gasteiger partial charge in [-0.1, -0.05) is 34.6 Å². The lowest BCUT2D eigenvalue weighted by Gasteiger charge is -2.34. The highest BCUT2D eigenvalue weighted by Gasteiger charge is 2.29. The molecule has 0 radical (unpaired) electrons. The molecule has 0 spiro atoms. The summed E-state index contributed by atoms with van der Waals surface area (Å²) < 4.78 is 0. The summed E-state index contributed by atoms with van der Waals surface area (Å²) in [6.07, 6.45) is 3.59. The second-order valence-electron chi connectivity index (χ2n) is 6.33. The van der Waals surface area contributed by atoms with E-state index in [-0.39, 0.29) is 0 Å². The fourth-order valence-electron chi connectivity index (χ4n) is 3.01. The van der Waals surface area contributed by atoms with Gasteiger partial charge in [0, 0.05) is 12.6 Å². The molecule has 3 nitrogen and oxygen atoms in total. The molecule has 1 rings (SSSR count). The number of rotatable bonds is 5. The van der Waals surface area contributed by atoms with Crippen LogP contribution in [0.4, 0.5) is 0 Å². The van der Waals surface area contributed by atoms with E-state index in [1.165, 1.54) is 12.8 Å². The van der Waals surface area contributed by atoms with Crippen molar-refractivity contribution < 1.29 is 4.79 Å². The molecule has 3 heteroatoms. The molecule has 0 aliphatic carbocycles. The normalized spacial score (nSPS) is 24.9. The summed E-state index contributed by atoms with van der Waals surface area (Å²) in [6, 6.07) is 0.438. The van der Waals surface area contributed by atoms with Crippen molar-refractivity contribution in [2.24, 2.45) is 11.8 Å². The minimum atomic E-state index is 0.330. The van der Waals surface area contributed by atoms with Crippen LogP contribution in [0, 0.1) is 11.8 Å². The monoisotopic (exact) mass is 268 g/mol. The van der Waals surface area contributed by atoms with Gasteiger partial charge in [-0.25, -0.2) is 0 Å². The van der Waals surface area contributed by atoms with Crippen LogP contribution < -0.4 is 0 Å². The van der Waals surface area contributed by atoms with Crippen molar-refractivity contribution in [3.05, 3.63) is 0 Å². The zero-order valence-electron chi connectivity index (χ0n) is 13.5. The van der Waals surface area contributed by atoms with E-state index in [9.17, 15) is 4.79 Å². The molecular weight excluding hydrogens is 236 g/mol. The summed E-state index contributed by atoms with van der Waals surface area (Å²) in [4.78, 5) is 17.0. The first-order valence-electron chi connectivity index (χ1n) is 8.01. The Labute approximate surface area is 119 Å². The summed E-state index contributed by atoms with van der Waals surface area (Å²) in [6.45, 7) is 14.5. The zero-order valence-corrected chi connectivity index (χ0v) is 13.5. The van der Waals surface area contributed by atoms with E-state index < -0.39 is 0 Å². The molecule has 0 N–H and O–H groups in total. The van der Waals surface area contributed by atoms with E-state index >= 15 is 0 Å². The van der Waals surface area contributed by atoms with Crippen molar-refractivity contribution in [3.8, 4) is 0 Å². The Morgan fingerprint density at radius 3 is 2.37 bits per heavy atom. The predicted molar refractivity (Wildman–Crippen MR) is 81.1 cm³/mol. The van der Waals surface area contributed by atoms with Gasteiger partial charge in [0.05, 0.1) is 6.54 Å². The van der Waals surface area contributed by atoms with Gasteiger partial charge in [0.2, 0.25) is 5.91 Å². The Morgan fingerprint density at radius 1 is 1.21 bits per heavy atom. The van der Waals surface area contributed by atoms with Gasteiger partial charge in [0.1, 0.15) is 0 Å². The van der Waals surface area contributed by atoms with Crippen molar-refractivity contribution in [1.29, 1.82) is 0 Å². The fourth-order valence-corrected chi connectivity index (χ4v) is 3.01. The number of amides is 1. The van der Waals surface area contributed by atoms with Crippen LogP contribution in [0.15, 0.2) is 0 Å².